The lowest BCUT2D eigenvalue weighted by Gasteiger charge is -2.40. The van der Waals surface area contributed by atoms with Gasteiger partial charge in [0.05, 0.1) is 25.4 Å². The number of unbranched alkanes of at least 4 members (excludes halogenated alkanes) is 18. The van der Waals surface area contributed by atoms with E-state index in [1.807, 2.05) is 0 Å². The molecule has 6 N–H and O–H groups in total. The predicted molar refractivity (Wildman–Crippen MR) is 226 cm³/mol. The van der Waals surface area contributed by atoms with Gasteiger partial charge in [-0.05, 0) is 51.4 Å². The molecule has 55 heavy (non-hydrogen) atoms. The van der Waals surface area contributed by atoms with Gasteiger partial charge in [0.25, 0.3) is 0 Å². The molecule has 1 amide bonds. The molecule has 1 aliphatic rings. The van der Waals surface area contributed by atoms with Crippen molar-refractivity contribution in [3.63, 3.8) is 0 Å². The topological polar surface area (TPSA) is 149 Å². The zero-order valence-corrected chi connectivity index (χ0v) is 34.9. The SMILES string of the molecule is CC/C=C\C/C=C\C/C=C\C/C=C\CCCCCCCCCCCCCCC(=O)NC(COC1OC(CO)C(O)C(O)C1O)C(O)CCCCCCCCC. The Hall–Kier alpha value is -1.85. The highest BCUT2D eigenvalue weighted by Crippen LogP contribution is 2.23. The maximum Gasteiger partial charge on any atom is 0.220 e. The van der Waals surface area contributed by atoms with Crippen LogP contribution in [0.3, 0.4) is 0 Å². The third-order valence-electron chi connectivity index (χ3n) is 10.4. The summed E-state index contributed by atoms with van der Waals surface area (Å²) in [7, 11) is 0. The summed E-state index contributed by atoms with van der Waals surface area (Å²) >= 11 is 0. The molecular formula is C46H83NO8. The lowest BCUT2D eigenvalue weighted by Crippen LogP contribution is -2.60. The third kappa shape index (κ3) is 27.4. The van der Waals surface area contributed by atoms with Gasteiger partial charge in [-0.1, -0.05) is 172 Å². The fourth-order valence-electron chi connectivity index (χ4n) is 6.86. The molecule has 0 aromatic heterocycles. The van der Waals surface area contributed by atoms with E-state index in [9.17, 15) is 30.3 Å². The molecule has 0 aliphatic carbocycles. The van der Waals surface area contributed by atoms with Gasteiger partial charge in [0.1, 0.15) is 24.4 Å². The largest absolute Gasteiger partial charge is 0.394 e. The van der Waals surface area contributed by atoms with E-state index in [4.69, 9.17) is 9.47 Å². The first kappa shape index (κ1) is 51.2. The molecular weight excluding hydrogens is 695 g/mol. The number of ether oxygens (including phenoxy) is 2. The highest BCUT2D eigenvalue weighted by Gasteiger charge is 2.44. The van der Waals surface area contributed by atoms with Gasteiger partial charge in [0, 0.05) is 6.42 Å². The Balaban J connectivity index is 2.18. The highest BCUT2D eigenvalue weighted by molar-refractivity contribution is 5.76. The van der Waals surface area contributed by atoms with Crippen LogP contribution in [-0.4, -0.2) is 87.5 Å². The number of amides is 1. The van der Waals surface area contributed by atoms with Crippen molar-refractivity contribution < 1.29 is 39.8 Å². The first-order valence-electron chi connectivity index (χ1n) is 22.3. The van der Waals surface area contributed by atoms with Gasteiger partial charge in [-0.25, -0.2) is 0 Å². The second kappa shape index (κ2) is 36.5. The summed E-state index contributed by atoms with van der Waals surface area (Å²) in [5.74, 6) is -0.153. The molecule has 0 bridgehead atoms. The lowest BCUT2D eigenvalue weighted by molar-refractivity contribution is -0.302. The Labute approximate surface area is 335 Å². The van der Waals surface area contributed by atoms with E-state index in [-0.39, 0.29) is 12.5 Å². The molecule has 7 unspecified atom stereocenters. The molecule has 1 fully saturated rings. The minimum atomic E-state index is -1.55. The van der Waals surface area contributed by atoms with Crippen LogP contribution in [0.1, 0.15) is 181 Å². The Morgan fingerprint density at radius 1 is 0.636 bits per heavy atom. The van der Waals surface area contributed by atoms with Gasteiger partial charge < -0.3 is 40.3 Å². The van der Waals surface area contributed by atoms with Gasteiger partial charge in [0.15, 0.2) is 6.29 Å². The summed E-state index contributed by atoms with van der Waals surface area (Å²) < 4.78 is 11.2. The maximum absolute atomic E-state index is 12.9. The monoisotopic (exact) mass is 778 g/mol. The molecule has 0 aromatic rings. The summed E-state index contributed by atoms with van der Waals surface area (Å²) in [5.41, 5.74) is 0. The third-order valence-corrected chi connectivity index (χ3v) is 10.4. The molecule has 0 radical (unpaired) electrons. The Morgan fingerprint density at radius 2 is 1.13 bits per heavy atom. The highest BCUT2D eigenvalue weighted by atomic mass is 16.7. The fourth-order valence-corrected chi connectivity index (χ4v) is 6.86. The standard InChI is InChI=1S/C46H83NO8/c1-3-5-7-9-11-12-13-14-15-16-17-18-19-20-21-22-23-24-25-26-27-28-30-32-34-36-42(50)47-39(40(49)35-33-31-29-10-8-6-4-2)38-54-46-45(53)44(52)43(51)41(37-48)55-46/h5,7,11-12,14-15,17-18,39-41,43-46,48-49,51-53H,3-4,6,8-10,13,16,19-38H2,1-2H3,(H,47,50)/b7-5-,12-11-,15-14-,18-17-. The molecule has 0 spiro atoms. The number of carbonyl (C=O) groups excluding carboxylic acids is 1. The van der Waals surface area contributed by atoms with Crippen molar-refractivity contribution in [3.05, 3.63) is 48.6 Å². The first-order valence-corrected chi connectivity index (χ1v) is 22.3. The van der Waals surface area contributed by atoms with E-state index < -0.39 is 49.5 Å². The summed E-state index contributed by atoms with van der Waals surface area (Å²) in [4.78, 5) is 12.9. The van der Waals surface area contributed by atoms with Crippen molar-refractivity contribution in [2.24, 2.45) is 0 Å². The summed E-state index contributed by atoms with van der Waals surface area (Å²) in [6.07, 6.45) is 38.6. The minimum Gasteiger partial charge on any atom is -0.394 e. The summed E-state index contributed by atoms with van der Waals surface area (Å²) in [6.45, 7) is 3.66. The van der Waals surface area contributed by atoms with Gasteiger partial charge >= 0.3 is 0 Å². The molecule has 9 heteroatoms. The number of aliphatic hydroxyl groups excluding tert-OH is 5. The average Bonchev–Trinajstić information content (AvgIpc) is 3.18. The predicted octanol–water partition coefficient (Wildman–Crippen LogP) is 9.06. The van der Waals surface area contributed by atoms with Crippen molar-refractivity contribution in [1.29, 1.82) is 0 Å². The zero-order valence-electron chi connectivity index (χ0n) is 34.9. The van der Waals surface area contributed by atoms with Crippen molar-refractivity contribution in [3.8, 4) is 0 Å². The van der Waals surface area contributed by atoms with Crippen molar-refractivity contribution in [2.45, 2.75) is 224 Å². The van der Waals surface area contributed by atoms with Crippen molar-refractivity contribution in [1.82, 2.24) is 5.32 Å². The quantitative estimate of drug-likeness (QED) is 0.0273. The smallest absolute Gasteiger partial charge is 0.220 e. The molecule has 9 nitrogen and oxygen atoms in total. The van der Waals surface area contributed by atoms with Crippen molar-refractivity contribution in [2.75, 3.05) is 13.2 Å². The van der Waals surface area contributed by atoms with Crippen LogP contribution in [0, 0.1) is 0 Å². The number of hydrogen-bond acceptors (Lipinski definition) is 8. The van der Waals surface area contributed by atoms with E-state index >= 15 is 0 Å². The molecule has 1 rings (SSSR count). The second-order valence-electron chi connectivity index (χ2n) is 15.5. The van der Waals surface area contributed by atoms with Crippen LogP contribution in [0.2, 0.25) is 0 Å². The molecule has 1 saturated heterocycles. The number of allylic oxidation sites excluding steroid dienone is 8. The van der Waals surface area contributed by atoms with Crippen LogP contribution < -0.4 is 5.32 Å². The first-order chi connectivity index (χ1) is 26.8. The van der Waals surface area contributed by atoms with E-state index in [2.05, 4.69) is 67.8 Å². The molecule has 7 atom stereocenters. The second-order valence-corrected chi connectivity index (χ2v) is 15.5. The van der Waals surface area contributed by atoms with Crippen LogP contribution in [0.15, 0.2) is 48.6 Å². The number of carbonyl (C=O) groups is 1. The Morgan fingerprint density at radius 3 is 1.67 bits per heavy atom. The zero-order chi connectivity index (χ0) is 40.2. The Bertz CT molecular complexity index is 998. The van der Waals surface area contributed by atoms with Crippen LogP contribution in [0.25, 0.3) is 0 Å². The summed E-state index contributed by atoms with van der Waals surface area (Å²) in [5, 5.41) is 54.0. The van der Waals surface area contributed by atoms with Crippen molar-refractivity contribution >= 4 is 5.91 Å². The van der Waals surface area contributed by atoms with E-state index in [0.29, 0.717) is 12.8 Å². The van der Waals surface area contributed by atoms with E-state index in [0.717, 1.165) is 64.2 Å². The lowest BCUT2D eigenvalue weighted by atomic mass is 9.99. The van der Waals surface area contributed by atoms with Crippen LogP contribution in [0.5, 0.6) is 0 Å². The van der Waals surface area contributed by atoms with Crippen LogP contribution in [0.4, 0.5) is 0 Å². The van der Waals surface area contributed by atoms with Gasteiger partial charge in [-0.3, -0.25) is 4.79 Å². The maximum atomic E-state index is 12.9. The number of hydrogen-bond donors (Lipinski definition) is 6. The molecule has 1 aliphatic heterocycles. The minimum absolute atomic E-state index is 0.141. The summed E-state index contributed by atoms with van der Waals surface area (Å²) in [6, 6.07) is -0.717. The normalized spacial score (nSPS) is 21.8. The van der Waals surface area contributed by atoms with Crippen LogP contribution >= 0.6 is 0 Å². The van der Waals surface area contributed by atoms with Crippen LogP contribution in [-0.2, 0) is 14.3 Å². The van der Waals surface area contributed by atoms with Gasteiger partial charge in [0.2, 0.25) is 5.91 Å². The van der Waals surface area contributed by atoms with Gasteiger partial charge in [-0.2, -0.15) is 0 Å². The van der Waals surface area contributed by atoms with E-state index in [1.165, 1.54) is 89.9 Å². The number of aliphatic hydroxyl groups is 5. The fraction of sp³-hybridized carbons (Fsp3) is 0.804. The average molecular weight is 778 g/mol. The molecule has 320 valence electrons. The number of nitrogens with one attached hydrogen (secondary N) is 1. The van der Waals surface area contributed by atoms with Gasteiger partial charge in [-0.15, -0.1) is 0 Å². The molecule has 0 saturated carbocycles. The number of rotatable bonds is 36. The Kier molecular flexibility index (Phi) is 33.9. The molecule has 1 heterocycles. The van der Waals surface area contributed by atoms with E-state index in [1.54, 1.807) is 0 Å². The molecule has 0 aromatic carbocycles.